The second kappa shape index (κ2) is 8.13. The number of carbonyl (C=O) groups excluding carboxylic acids is 2. The fourth-order valence-corrected chi connectivity index (χ4v) is 2.62. The second-order valence-corrected chi connectivity index (χ2v) is 5.86. The Morgan fingerprint density at radius 3 is 2.21 bits per heavy atom. The fraction of sp³-hybridized carbons (Fsp3) is 0.0476. The van der Waals surface area contributed by atoms with Crippen molar-refractivity contribution in [3.05, 3.63) is 99.6 Å². The molecule has 7 heteroatoms. The van der Waals surface area contributed by atoms with Crippen molar-refractivity contribution in [2.75, 3.05) is 12.4 Å². The predicted octanol–water partition coefficient (Wildman–Crippen LogP) is 4.09. The van der Waals surface area contributed by atoms with Crippen molar-refractivity contribution < 1.29 is 19.2 Å². The molecule has 3 aromatic rings. The lowest BCUT2D eigenvalue weighted by Crippen LogP contribution is -2.15. The van der Waals surface area contributed by atoms with E-state index in [0.29, 0.717) is 16.9 Å². The topological polar surface area (TPSA) is 98.5 Å². The van der Waals surface area contributed by atoms with E-state index >= 15 is 0 Å². The number of nitro groups is 1. The minimum atomic E-state index is -0.586. The summed E-state index contributed by atoms with van der Waals surface area (Å²) in [6, 6.07) is 18.6. The van der Waals surface area contributed by atoms with Gasteiger partial charge >= 0.3 is 0 Å². The summed E-state index contributed by atoms with van der Waals surface area (Å²) in [4.78, 5) is 35.9. The van der Waals surface area contributed by atoms with Crippen LogP contribution < -0.4 is 10.1 Å². The highest BCUT2D eigenvalue weighted by molar-refractivity contribution is 6.15. The molecule has 28 heavy (non-hydrogen) atoms. The number of hydrogen-bond donors (Lipinski definition) is 1. The molecule has 0 bridgehead atoms. The van der Waals surface area contributed by atoms with Crippen LogP contribution in [0.2, 0.25) is 0 Å². The smallest absolute Gasteiger partial charge is 0.270 e. The van der Waals surface area contributed by atoms with E-state index in [2.05, 4.69) is 5.32 Å². The minimum Gasteiger partial charge on any atom is -0.497 e. The highest BCUT2D eigenvalue weighted by Crippen LogP contribution is 2.25. The molecule has 1 N–H and O–H groups in total. The van der Waals surface area contributed by atoms with Gasteiger partial charge in [-0.1, -0.05) is 30.3 Å². The molecule has 3 aromatic carbocycles. The van der Waals surface area contributed by atoms with E-state index in [9.17, 15) is 19.7 Å². The predicted molar refractivity (Wildman–Crippen MR) is 104 cm³/mol. The summed E-state index contributed by atoms with van der Waals surface area (Å²) in [5.74, 6) is -0.264. The van der Waals surface area contributed by atoms with E-state index in [4.69, 9.17) is 4.74 Å². The molecular weight excluding hydrogens is 360 g/mol. The van der Waals surface area contributed by atoms with Gasteiger partial charge in [-0.05, 0) is 30.3 Å². The summed E-state index contributed by atoms with van der Waals surface area (Å²) >= 11 is 0. The largest absolute Gasteiger partial charge is 0.497 e. The van der Waals surface area contributed by atoms with Crippen molar-refractivity contribution >= 4 is 23.1 Å². The molecule has 0 aliphatic heterocycles. The third kappa shape index (κ3) is 4.04. The molecule has 1 amide bonds. The van der Waals surface area contributed by atoms with Crippen molar-refractivity contribution in [3.63, 3.8) is 0 Å². The van der Waals surface area contributed by atoms with Gasteiger partial charge in [-0.25, -0.2) is 0 Å². The number of ether oxygens (including phenoxy) is 1. The zero-order chi connectivity index (χ0) is 20.1. The molecule has 0 atom stereocenters. The molecule has 0 aliphatic carbocycles. The number of nitrogens with zero attached hydrogens (tertiary/aromatic N) is 1. The number of non-ortho nitro benzene ring substituents is 1. The zero-order valence-electron chi connectivity index (χ0n) is 14.9. The number of benzene rings is 3. The van der Waals surface area contributed by atoms with Gasteiger partial charge in [0, 0.05) is 23.3 Å². The minimum absolute atomic E-state index is 0.0438. The van der Waals surface area contributed by atoms with Crippen LogP contribution in [-0.2, 0) is 0 Å². The second-order valence-electron chi connectivity index (χ2n) is 5.86. The Balaban J connectivity index is 1.96. The molecule has 0 fully saturated rings. The third-order valence-electron chi connectivity index (χ3n) is 4.09. The van der Waals surface area contributed by atoms with Crippen molar-refractivity contribution in [1.29, 1.82) is 0 Å². The van der Waals surface area contributed by atoms with E-state index in [1.807, 2.05) is 0 Å². The molecule has 3 rings (SSSR count). The van der Waals surface area contributed by atoms with Crippen LogP contribution in [0.3, 0.4) is 0 Å². The number of hydrogen-bond acceptors (Lipinski definition) is 5. The fourth-order valence-electron chi connectivity index (χ4n) is 2.62. The van der Waals surface area contributed by atoms with Crippen LogP contribution >= 0.6 is 0 Å². The third-order valence-corrected chi connectivity index (χ3v) is 4.09. The maximum absolute atomic E-state index is 12.9. The van der Waals surface area contributed by atoms with Crippen molar-refractivity contribution in [2.24, 2.45) is 0 Å². The average molecular weight is 376 g/mol. The van der Waals surface area contributed by atoms with E-state index in [1.54, 1.807) is 54.6 Å². The Bertz CT molecular complexity index is 1030. The van der Waals surface area contributed by atoms with Gasteiger partial charge in [0.25, 0.3) is 11.6 Å². The van der Waals surface area contributed by atoms with Gasteiger partial charge in [0.05, 0.1) is 23.3 Å². The first-order valence-electron chi connectivity index (χ1n) is 8.33. The molecule has 0 spiro atoms. The summed E-state index contributed by atoms with van der Waals surface area (Å²) in [5, 5.41) is 13.8. The summed E-state index contributed by atoms with van der Waals surface area (Å²) in [5.41, 5.74) is 0.726. The van der Waals surface area contributed by atoms with Crippen molar-refractivity contribution in [1.82, 2.24) is 0 Å². The molecule has 0 radical (unpaired) electrons. The molecule has 0 unspecified atom stereocenters. The Hall–Kier alpha value is -4.00. The molecule has 0 aliphatic rings. The number of carbonyl (C=O) groups is 2. The van der Waals surface area contributed by atoms with Gasteiger partial charge in [-0.15, -0.1) is 0 Å². The number of rotatable bonds is 6. The number of methoxy groups -OCH3 is 1. The monoisotopic (exact) mass is 376 g/mol. The van der Waals surface area contributed by atoms with Crippen LogP contribution in [0.15, 0.2) is 72.8 Å². The summed E-state index contributed by atoms with van der Waals surface area (Å²) in [7, 11) is 1.52. The maximum atomic E-state index is 12.9. The Labute approximate surface area is 160 Å². The molecular formula is C21H16N2O5. The standard InChI is InChI=1S/C21H16N2O5/c1-28-17-10-7-15(8-11-17)21(25)22-19-12-9-16(23(26)27)13-18(19)20(24)14-5-3-2-4-6-14/h2-13H,1H3,(H,22,25). The highest BCUT2D eigenvalue weighted by Gasteiger charge is 2.20. The van der Waals surface area contributed by atoms with E-state index in [1.165, 1.54) is 25.3 Å². The van der Waals surface area contributed by atoms with Gasteiger partial charge in [0.2, 0.25) is 0 Å². The Kier molecular flexibility index (Phi) is 5.45. The number of ketones is 1. The normalized spacial score (nSPS) is 10.2. The first-order chi connectivity index (χ1) is 13.5. The summed E-state index contributed by atoms with van der Waals surface area (Å²) in [6.45, 7) is 0. The van der Waals surface area contributed by atoms with Crippen molar-refractivity contribution in [2.45, 2.75) is 0 Å². The Morgan fingerprint density at radius 1 is 0.929 bits per heavy atom. The molecule has 7 nitrogen and oxygen atoms in total. The molecule has 140 valence electrons. The first-order valence-corrected chi connectivity index (χ1v) is 8.33. The zero-order valence-corrected chi connectivity index (χ0v) is 14.9. The van der Waals surface area contributed by atoms with Crippen LogP contribution in [0.5, 0.6) is 5.75 Å². The lowest BCUT2D eigenvalue weighted by Gasteiger charge is -2.11. The number of nitro benzene ring substituents is 1. The number of nitrogens with one attached hydrogen (secondary N) is 1. The van der Waals surface area contributed by atoms with Crippen LogP contribution in [-0.4, -0.2) is 23.7 Å². The van der Waals surface area contributed by atoms with Gasteiger partial charge in [-0.2, -0.15) is 0 Å². The summed E-state index contributed by atoms with van der Waals surface area (Å²) in [6.07, 6.45) is 0. The van der Waals surface area contributed by atoms with Crippen LogP contribution in [0, 0.1) is 10.1 Å². The molecule has 0 aromatic heterocycles. The van der Waals surface area contributed by atoms with Crippen LogP contribution in [0.25, 0.3) is 0 Å². The molecule has 0 saturated heterocycles. The van der Waals surface area contributed by atoms with Crippen LogP contribution in [0.4, 0.5) is 11.4 Å². The lowest BCUT2D eigenvalue weighted by molar-refractivity contribution is -0.384. The van der Waals surface area contributed by atoms with Gasteiger partial charge < -0.3 is 10.1 Å². The number of anilines is 1. The summed E-state index contributed by atoms with van der Waals surface area (Å²) < 4.78 is 5.06. The molecule has 0 saturated carbocycles. The average Bonchev–Trinajstić information content (AvgIpc) is 2.74. The SMILES string of the molecule is COc1ccc(C(=O)Nc2ccc([N+](=O)[O-])cc2C(=O)c2ccccc2)cc1. The van der Waals surface area contributed by atoms with Gasteiger partial charge in [0.15, 0.2) is 5.78 Å². The van der Waals surface area contributed by atoms with Gasteiger partial charge in [0.1, 0.15) is 5.75 Å². The quantitative estimate of drug-likeness (QED) is 0.397. The van der Waals surface area contributed by atoms with E-state index < -0.39 is 16.6 Å². The van der Waals surface area contributed by atoms with E-state index in [-0.39, 0.29) is 16.9 Å². The maximum Gasteiger partial charge on any atom is 0.270 e. The highest BCUT2D eigenvalue weighted by atomic mass is 16.6. The van der Waals surface area contributed by atoms with Crippen LogP contribution in [0.1, 0.15) is 26.3 Å². The first kappa shape index (κ1) is 18.8. The van der Waals surface area contributed by atoms with Gasteiger partial charge in [-0.3, -0.25) is 19.7 Å². The van der Waals surface area contributed by atoms with Crippen molar-refractivity contribution in [3.8, 4) is 5.75 Å². The Morgan fingerprint density at radius 2 is 1.61 bits per heavy atom. The lowest BCUT2D eigenvalue weighted by atomic mass is 10.0. The van der Waals surface area contributed by atoms with E-state index in [0.717, 1.165) is 0 Å². The molecule has 0 heterocycles. The number of amides is 1.